The second-order valence-electron chi connectivity index (χ2n) is 3.61. The van der Waals surface area contributed by atoms with Gasteiger partial charge in [0.25, 0.3) is 0 Å². The van der Waals surface area contributed by atoms with Gasteiger partial charge in [-0.05, 0) is 26.7 Å². The summed E-state index contributed by atoms with van der Waals surface area (Å²) in [6.45, 7) is 4.61. The van der Waals surface area contributed by atoms with E-state index < -0.39 is 0 Å². The first kappa shape index (κ1) is 5.72. The lowest BCUT2D eigenvalue weighted by Crippen LogP contribution is -2.15. The Labute approximate surface area is 57.0 Å². The SMILES string of the molecule is CC(C)N1C2CCCC21. The fraction of sp³-hybridized carbons (Fsp3) is 1.00. The summed E-state index contributed by atoms with van der Waals surface area (Å²) in [5.74, 6) is 0. The van der Waals surface area contributed by atoms with Crippen LogP contribution in [0.25, 0.3) is 0 Å². The maximum Gasteiger partial charge on any atom is 0.0258 e. The Bertz CT molecular complexity index is 110. The maximum absolute atomic E-state index is 2.64. The molecule has 0 spiro atoms. The van der Waals surface area contributed by atoms with Crippen LogP contribution in [0.3, 0.4) is 0 Å². The molecule has 1 aliphatic carbocycles. The lowest BCUT2D eigenvalue weighted by atomic mass is 10.3. The van der Waals surface area contributed by atoms with Crippen molar-refractivity contribution in [2.75, 3.05) is 0 Å². The Morgan fingerprint density at radius 1 is 1.22 bits per heavy atom. The van der Waals surface area contributed by atoms with E-state index in [0.29, 0.717) is 0 Å². The molecule has 9 heavy (non-hydrogen) atoms. The van der Waals surface area contributed by atoms with Gasteiger partial charge in [-0.25, -0.2) is 0 Å². The molecule has 1 saturated heterocycles. The molecule has 1 heterocycles. The van der Waals surface area contributed by atoms with Gasteiger partial charge < -0.3 is 0 Å². The zero-order valence-corrected chi connectivity index (χ0v) is 6.30. The van der Waals surface area contributed by atoms with Crippen LogP contribution in [0, 0.1) is 0 Å². The van der Waals surface area contributed by atoms with Crippen LogP contribution in [0.15, 0.2) is 0 Å². The lowest BCUT2D eigenvalue weighted by Gasteiger charge is -2.09. The van der Waals surface area contributed by atoms with Crippen molar-refractivity contribution in [3.05, 3.63) is 0 Å². The fourth-order valence-corrected chi connectivity index (χ4v) is 2.34. The molecule has 0 N–H and O–H groups in total. The summed E-state index contributed by atoms with van der Waals surface area (Å²) in [4.78, 5) is 2.64. The molecule has 1 heteroatoms. The Morgan fingerprint density at radius 2 is 1.78 bits per heavy atom. The van der Waals surface area contributed by atoms with E-state index in [1.807, 2.05) is 0 Å². The number of piperidine rings is 1. The highest BCUT2D eigenvalue weighted by Gasteiger charge is 2.51. The quantitative estimate of drug-likeness (QED) is 0.481. The molecular formula is C8H15N. The molecule has 1 saturated carbocycles. The minimum Gasteiger partial charge on any atom is -0.292 e. The lowest BCUT2D eigenvalue weighted by molar-refractivity contribution is 0.360. The van der Waals surface area contributed by atoms with Gasteiger partial charge in [0.2, 0.25) is 0 Å². The van der Waals surface area contributed by atoms with Crippen molar-refractivity contribution >= 4 is 0 Å². The van der Waals surface area contributed by atoms with E-state index in [0.717, 1.165) is 18.1 Å². The van der Waals surface area contributed by atoms with Crippen LogP contribution < -0.4 is 0 Å². The molecule has 2 rings (SSSR count). The Morgan fingerprint density at radius 3 is 2.11 bits per heavy atom. The van der Waals surface area contributed by atoms with Crippen LogP contribution in [0.2, 0.25) is 0 Å². The van der Waals surface area contributed by atoms with Crippen molar-refractivity contribution in [1.29, 1.82) is 0 Å². The summed E-state index contributed by atoms with van der Waals surface area (Å²) < 4.78 is 0. The number of nitrogens with zero attached hydrogens (tertiary/aromatic N) is 1. The summed E-state index contributed by atoms with van der Waals surface area (Å²) in [6, 6.07) is 2.82. The van der Waals surface area contributed by atoms with E-state index in [4.69, 9.17) is 0 Å². The minimum atomic E-state index is 0.806. The summed E-state index contributed by atoms with van der Waals surface area (Å²) in [5, 5.41) is 0. The van der Waals surface area contributed by atoms with Crippen LogP contribution in [0.4, 0.5) is 0 Å². The monoisotopic (exact) mass is 125 g/mol. The molecule has 2 atom stereocenters. The van der Waals surface area contributed by atoms with Gasteiger partial charge in [0.15, 0.2) is 0 Å². The molecule has 0 amide bonds. The van der Waals surface area contributed by atoms with Crippen molar-refractivity contribution in [3.8, 4) is 0 Å². The third-order valence-corrected chi connectivity index (χ3v) is 2.72. The third-order valence-electron chi connectivity index (χ3n) is 2.72. The first-order valence-corrected chi connectivity index (χ1v) is 4.08. The molecule has 2 aliphatic rings. The van der Waals surface area contributed by atoms with Gasteiger partial charge in [0.05, 0.1) is 0 Å². The van der Waals surface area contributed by atoms with Gasteiger partial charge in [0, 0.05) is 18.1 Å². The Kier molecular flexibility index (Phi) is 1.10. The second kappa shape index (κ2) is 1.72. The Balaban J connectivity index is 1.94. The molecule has 1 aliphatic heterocycles. The highest BCUT2D eigenvalue weighted by atomic mass is 15.4. The van der Waals surface area contributed by atoms with Gasteiger partial charge in [-0.15, -0.1) is 0 Å². The molecule has 52 valence electrons. The Hall–Kier alpha value is -0.0400. The van der Waals surface area contributed by atoms with Crippen molar-refractivity contribution in [1.82, 2.24) is 4.90 Å². The van der Waals surface area contributed by atoms with Crippen molar-refractivity contribution < 1.29 is 0 Å². The number of hydrogen-bond acceptors (Lipinski definition) is 1. The summed E-state index contributed by atoms with van der Waals surface area (Å²) in [7, 11) is 0. The van der Waals surface area contributed by atoms with E-state index >= 15 is 0 Å². The maximum atomic E-state index is 2.64. The predicted octanol–water partition coefficient (Wildman–Crippen LogP) is 1.63. The van der Waals surface area contributed by atoms with Crippen molar-refractivity contribution in [2.45, 2.75) is 51.2 Å². The average molecular weight is 125 g/mol. The molecule has 0 aromatic carbocycles. The zero-order valence-electron chi connectivity index (χ0n) is 6.30. The number of likely N-dealkylation sites (tertiary alicyclic amines) is 1. The molecule has 1 nitrogen and oxygen atoms in total. The van der Waals surface area contributed by atoms with E-state index in [-0.39, 0.29) is 0 Å². The molecule has 2 unspecified atom stereocenters. The average Bonchev–Trinajstić information content (AvgIpc) is 2.30. The third kappa shape index (κ3) is 0.710. The highest BCUT2D eigenvalue weighted by molar-refractivity contribution is 5.07. The zero-order chi connectivity index (χ0) is 6.43. The fourth-order valence-electron chi connectivity index (χ4n) is 2.34. The standard InChI is InChI=1S/C8H15N/c1-6(2)9-7-4-3-5-8(7)9/h6-8H,3-5H2,1-2H3. The minimum absolute atomic E-state index is 0.806. The van der Waals surface area contributed by atoms with Crippen LogP contribution in [-0.2, 0) is 0 Å². The summed E-state index contributed by atoms with van der Waals surface area (Å²) >= 11 is 0. The molecule has 2 fully saturated rings. The number of hydrogen-bond donors (Lipinski definition) is 0. The summed E-state index contributed by atoms with van der Waals surface area (Å²) in [6.07, 6.45) is 4.43. The molecule has 0 radical (unpaired) electrons. The molecule has 0 aromatic rings. The van der Waals surface area contributed by atoms with Gasteiger partial charge in [-0.1, -0.05) is 6.42 Å². The molecular weight excluding hydrogens is 110 g/mol. The van der Waals surface area contributed by atoms with Crippen LogP contribution >= 0.6 is 0 Å². The first-order chi connectivity index (χ1) is 4.30. The summed E-state index contributed by atoms with van der Waals surface area (Å²) in [5.41, 5.74) is 0. The van der Waals surface area contributed by atoms with Gasteiger partial charge >= 0.3 is 0 Å². The van der Waals surface area contributed by atoms with Crippen LogP contribution in [0.1, 0.15) is 33.1 Å². The van der Waals surface area contributed by atoms with Gasteiger partial charge in [-0.3, -0.25) is 4.90 Å². The van der Waals surface area contributed by atoms with E-state index in [9.17, 15) is 0 Å². The first-order valence-electron chi connectivity index (χ1n) is 4.08. The normalized spacial score (nSPS) is 47.7. The van der Waals surface area contributed by atoms with Crippen molar-refractivity contribution in [3.63, 3.8) is 0 Å². The molecule has 0 bridgehead atoms. The highest BCUT2D eigenvalue weighted by Crippen LogP contribution is 2.43. The van der Waals surface area contributed by atoms with E-state index in [1.165, 1.54) is 19.3 Å². The topological polar surface area (TPSA) is 3.01 Å². The predicted molar refractivity (Wildman–Crippen MR) is 38.4 cm³/mol. The van der Waals surface area contributed by atoms with E-state index in [2.05, 4.69) is 18.7 Å². The smallest absolute Gasteiger partial charge is 0.0258 e. The van der Waals surface area contributed by atoms with Crippen LogP contribution in [0.5, 0.6) is 0 Å². The second-order valence-corrected chi connectivity index (χ2v) is 3.61. The largest absolute Gasteiger partial charge is 0.292 e. The number of rotatable bonds is 1. The van der Waals surface area contributed by atoms with Gasteiger partial charge in [0.1, 0.15) is 0 Å². The van der Waals surface area contributed by atoms with Crippen molar-refractivity contribution in [2.24, 2.45) is 0 Å². The molecule has 0 aromatic heterocycles. The number of fused-ring (bicyclic) bond motifs is 1. The van der Waals surface area contributed by atoms with Crippen LogP contribution in [-0.4, -0.2) is 23.0 Å². The van der Waals surface area contributed by atoms with Gasteiger partial charge in [-0.2, -0.15) is 0 Å². The van der Waals surface area contributed by atoms with E-state index in [1.54, 1.807) is 0 Å².